The first kappa shape index (κ1) is 14.9. The highest BCUT2D eigenvalue weighted by Gasteiger charge is 2.23. The Hall–Kier alpha value is -1.55. The molecule has 1 aliphatic rings. The number of methoxy groups -OCH3 is 1. The van der Waals surface area contributed by atoms with Gasteiger partial charge in [-0.25, -0.2) is 0 Å². The third-order valence-corrected chi connectivity index (χ3v) is 3.90. The number of hydrogen-bond donors (Lipinski definition) is 1. The lowest BCUT2D eigenvalue weighted by Crippen LogP contribution is -2.36. The highest BCUT2D eigenvalue weighted by Crippen LogP contribution is 2.26. The quantitative estimate of drug-likeness (QED) is 0.867. The van der Waals surface area contributed by atoms with Gasteiger partial charge in [0.2, 0.25) is 5.91 Å². The van der Waals surface area contributed by atoms with Gasteiger partial charge in [-0.3, -0.25) is 9.69 Å². The highest BCUT2D eigenvalue weighted by atomic mass is 16.5. The van der Waals surface area contributed by atoms with Crippen LogP contribution in [0, 0.1) is 0 Å². The van der Waals surface area contributed by atoms with Gasteiger partial charge in [-0.1, -0.05) is 19.1 Å². The molecule has 1 aliphatic heterocycles. The zero-order valence-electron chi connectivity index (χ0n) is 12.4. The Labute approximate surface area is 121 Å². The van der Waals surface area contributed by atoms with Gasteiger partial charge in [0.15, 0.2) is 0 Å². The van der Waals surface area contributed by atoms with Crippen molar-refractivity contribution in [3.05, 3.63) is 29.8 Å². The average Bonchev–Trinajstić information content (AvgIpc) is 3.02. The van der Waals surface area contributed by atoms with Gasteiger partial charge in [0.05, 0.1) is 13.2 Å². The summed E-state index contributed by atoms with van der Waals surface area (Å²) in [5, 5.41) is 3.02. The molecule has 1 saturated heterocycles. The van der Waals surface area contributed by atoms with Gasteiger partial charge in [0.25, 0.3) is 0 Å². The molecule has 1 aromatic carbocycles. The fourth-order valence-electron chi connectivity index (χ4n) is 2.67. The molecular formula is C16H24N2O2. The Morgan fingerprint density at radius 2 is 1.95 bits per heavy atom. The lowest BCUT2D eigenvalue weighted by atomic mass is 10.1. The van der Waals surface area contributed by atoms with E-state index < -0.39 is 0 Å². The summed E-state index contributed by atoms with van der Waals surface area (Å²) in [5.41, 5.74) is 1.24. The monoisotopic (exact) mass is 276 g/mol. The van der Waals surface area contributed by atoms with E-state index in [-0.39, 0.29) is 11.9 Å². The Morgan fingerprint density at radius 3 is 2.50 bits per heavy atom. The van der Waals surface area contributed by atoms with Gasteiger partial charge >= 0.3 is 0 Å². The summed E-state index contributed by atoms with van der Waals surface area (Å²) in [7, 11) is 1.68. The van der Waals surface area contributed by atoms with E-state index in [0.717, 1.165) is 18.8 Å². The van der Waals surface area contributed by atoms with Crippen LogP contribution in [0.4, 0.5) is 0 Å². The number of ether oxygens (including phenoxy) is 1. The van der Waals surface area contributed by atoms with Crippen LogP contribution in [-0.2, 0) is 4.79 Å². The van der Waals surface area contributed by atoms with E-state index in [4.69, 9.17) is 4.74 Å². The summed E-state index contributed by atoms with van der Waals surface area (Å²) >= 11 is 0. The number of rotatable bonds is 6. The second-order valence-electron chi connectivity index (χ2n) is 5.19. The van der Waals surface area contributed by atoms with Crippen LogP contribution < -0.4 is 10.1 Å². The van der Waals surface area contributed by atoms with Crippen LogP contribution in [0.2, 0.25) is 0 Å². The van der Waals surface area contributed by atoms with Crippen molar-refractivity contribution in [3.63, 3.8) is 0 Å². The van der Waals surface area contributed by atoms with Gasteiger partial charge in [0, 0.05) is 13.0 Å². The molecule has 2 rings (SSSR count). The van der Waals surface area contributed by atoms with Crippen molar-refractivity contribution in [1.29, 1.82) is 0 Å². The second-order valence-corrected chi connectivity index (χ2v) is 5.19. The molecule has 1 N–H and O–H groups in total. The van der Waals surface area contributed by atoms with Gasteiger partial charge in [-0.15, -0.1) is 0 Å². The first-order chi connectivity index (χ1) is 9.74. The van der Waals surface area contributed by atoms with E-state index in [2.05, 4.69) is 22.3 Å². The molecule has 0 aromatic heterocycles. The smallest absolute Gasteiger partial charge is 0.219 e. The third-order valence-electron chi connectivity index (χ3n) is 3.90. The average molecular weight is 276 g/mol. The number of nitrogens with zero attached hydrogens (tertiary/aromatic N) is 1. The topological polar surface area (TPSA) is 41.6 Å². The predicted molar refractivity (Wildman–Crippen MR) is 79.8 cm³/mol. The number of carbonyl (C=O) groups excluding carboxylic acids is 1. The Bertz CT molecular complexity index is 425. The fraction of sp³-hybridized carbons (Fsp3) is 0.562. The molecule has 0 bridgehead atoms. The molecule has 1 heterocycles. The van der Waals surface area contributed by atoms with Crippen LogP contribution in [0.1, 0.15) is 37.8 Å². The molecule has 1 aromatic rings. The number of nitrogens with one attached hydrogen (secondary N) is 1. The van der Waals surface area contributed by atoms with Crippen LogP contribution in [0.5, 0.6) is 5.75 Å². The van der Waals surface area contributed by atoms with E-state index in [1.807, 2.05) is 19.1 Å². The van der Waals surface area contributed by atoms with Gasteiger partial charge < -0.3 is 10.1 Å². The number of hydrogen-bond acceptors (Lipinski definition) is 3. The molecule has 0 aliphatic carbocycles. The number of benzene rings is 1. The van der Waals surface area contributed by atoms with E-state index in [0.29, 0.717) is 13.0 Å². The zero-order valence-corrected chi connectivity index (χ0v) is 12.4. The summed E-state index contributed by atoms with van der Waals surface area (Å²) in [6.45, 7) is 4.78. The molecule has 0 saturated carbocycles. The van der Waals surface area contributed by atoms with E-state index >= 15 is 0 Å². The SMILES string of the molecule is CCC(=O)NCC(c1ccc(OC)cc1)N1CCCC1. The van der Waals surface area contributed by atoms with Crippen LogP contribution in [-0.4, -0.2) is 37.6 Å². The Balaban J connectivity index is 2.09. The fourth-order valence-corrected chi connectivity index (χ4v) is 2.67. The molecule has 1 unspecified atom stereocenters. The summed E-state index contributed by atoms with van der Waals surface area (Å²) in [5.74, 6) is 0.981. The van der Waals surface area contributed by atoms with Crippen molar-refractivity contribution in [1.82, 2.24) is 10.2 Å². The molecule has 110 valence electrons. The van der Waals surface area contributed by atoms with Crippen LogP contribution in [0.25, 0.3) is 0 Å². The third kappa shape index (κ3) is 3.73. The number of likely N-dealkylation sites (tertiary alicyclic amines) is 1. The van der Waals surface area contributed by atoms with Gasteiger partial charge in [-0.05, 0) is 43.6 Å². The molecule has 1 atom stereocenters. The minimum absolute atomic E-state index is 0.114. The van der Waals surface area contributed by atoms with Crippen molar-refractivity contribution in [2.45, 2.75) is 32.2 Å². The zero-order chi connectivity index (χ0) is 14.4. The predicted octanol–water partition coefficient (Wildman–Crippen LogP) is 2.36. The molecule has 1 fully saturated rings. The number of carbonyl (C=O) groups is 1. The normalized spacial score (nSPS) is 16.9. The van der Waals surface area contributed by atoms with Crippen LogP contribution in [0.3, 0.4) is 0 Å². The van der Waals surface area contributed by atoms with Crippen molar-refractivity contribution in [2.24, 2.45) is 0 Å². The first-order valence-corrected chi connectivity index (χ1v) is 7.39. The van der Waals surface area contributed by atoms with Crippen LogP contribution >= 0.6 is 0 Å². The molecule has 20 heavy (non-hydrogen) atoms. The largest absolute Gasteiger partial charge is 0.497 e. The summed E-state index contributed by atoms with van der Waals surface area (Å²) in [6.07, 6.45) is 3.03. The van der Waals surface area contributed by atoms with Crippen molar-refractivity contribution >= 4 is 5.91 Å². The second kappa shape index (κ2) is 7.29. The van der Waals surface area contributed by atoms with Crippen molar-refractivity contribution in [3.8, 4) is 5.75 Å². The standard InChI is InChI=1S/C16H24N2O2/c1-3-16(19)17-12-15(18-10-4-5-11-18)13-6-8-14(20-2)9-7-13/h6-9,15H,3-5,10-12H2,1-2H3,(H,17,19). The summed E-state index contributed by atoms with van der Waals surface area (Å²) in [6, 6.07) is 8.43. The molecule has 0 radical (unpaired) electrons. The van der Waals surface area contributed by atoms with E-state index in [9.17, 15) is 4.79 Å². The lowest BCUT2D eigenvalue weighted by molar-refractivity contribution is -0.121. The van der Waals surface area contributed by atoms with E-state index in [1.165, 1.54) is 18.4 Å². The maximum absolute atomic E-state index is 11.5. The van der Waals surface area contributed by atoms with Crippen LogP contribution in [0.15, 0.2) is 24.3 Å². The van der Waals surface area contributed by atoms with Crippen molar-refractivity contribution < 1.29 is 9.53 Å². The Morgan fingerprint density at radius 1 is 1.30 bits per heavy atom. The molecule has 0 spiro atoms. The molecule has 1 amide bonds. The molecular weight excluding hydrogens is 252 g/mol. The minimum Gasteiger partial charge on any atom is -0.497 e. The van der Waals surface area contributed by atoms with E-state index in [1.54, 1.807) is 7.11 Å². The molecule has 4 heteroatoms. The maximum atomic E-state index is 11.5. The van der Waals surface area contributed by atoms with Gasteiger partial charge in [-0.2, -0.15) is 0 Å². The minimum atomic E-state index is 0.114. The highest BCUT2D eigenvalue weighted by molar-refractivity contribution is 5.75. The number of amides is 1. The van der Waals surface area contributed by atoms with Gasteiger partial charge in [0.1, 0.15) is 5.75 Å². The lowest BCUT2D eigenvalue weighted by Gasteiger charge is -2.28. The Kier molecular flexibility index (Phi) is 5.41. The maximum Gasteiger partial charge on any atom is 0.219 e. The summed E-state index contributed by atoms with van der Waals surface area (Å²) < 4.78 is 5.21. The summed E-state index contributed by atoms with van der Waals surface area (Å²) in [4.78, 5) is 14.0. The van der Waals surface area contributed by atoms with Crippen molar-refractivity contribution in [2.75, 3.05) is 26.7 Å². The molecule has 4 nitrogen and oxygen atoms in total. The first-order valence-electron chi connectivity index (χ1n) is 7.39.